The van der Waals surface area contributed by atoms with E-state index in [2.05, 4.69) is 6.58 Å². The third-order valence-corrected chi connectivity index (χ3v) is 3.00. The Labute approximate surface area is 77.1 Å². The number of allylic oxidation sites excluding steroid dienone is 1. The van der Waals surface area contributed by atoms with Crippen molar-refractivity contribution < 1.29 is 0 Å². The second kappa shape index (κ2) is 6.28. The van der Waals surface area contributed by atoms with Crippen LogP contribution >= 0.6 is 0 Å². The third-order valence-electron chi connectivity index (χ3n) is 3.00. The minimum atomic E-state index is 1.07. The highest BCUT2D eigenvalue weighted by Crippen LogP contribution is 2.27. The van der Waals surface area contributed by atoms with Gasteiger partial charge >= 0.3 is 0 Å². The van der Waals surface area contributed by atoms with Crippen LogP contribution in [-0.4, -0.2) is 0 Å². The monoisotopic (exact) mass is 166 g/mol. The van der Waals surface area contributed by atoms with E-state index in [1.54, 1.807) is 0 Å². The van der Waals surface area contributed by atoms with E-state index in [0.29, 0.717) is 0 Å². The Morgan fingerprint density at radius 3 is 2.50 bits per heavy atom. The highest BCUT2D eigenvalue weighted by Gasteiger charge is 2.11. The van der Waals surface area contributed by atoms with Crippen LogP contribution in [-0.2, 0) is 0 Å². The van der Waals surface area contributed by atoms with Gasteiger partial charge in [-0.3, -0.25) is 0 Å². The normalized spacial score (nSPS) is 19.3. The molecule has 0 aromatic heterocycles. The molecule has 0 aliphatic heterocycles. The minimum absolute atomic E-state index is 1.07. The zero-order valence-electron chi connectivity index (χ0n) is 8.23. The molecule has 0 heterocycles. The Morgan fingerprint density at radius 1 is 1.08 bits per heavy atom. The molecule has 12 heavy (non-hydrogen) atoms. The maximum absolute atomic E-state index is 3.75. The molecule has 0 aromatic rings. The van der Waals surface area contributed by atoms with Crippen molar-refractivity contribution in [1.82, 2.24) is 0 Å². The van der Waals surface area contributed by atoms with Gasteiger partial charge < -0.3 is 0 Å². The summed E-state index contributed by atoms with van der Waals surface area (Å²) in [6.07, 6.45) is 15.0. The Morgan fingerprint density at radius 2 is 1.83 bits per heavy atom. The van der Waals surface area contributed by atoms with E-state index in [1.165, 1.54) is 57.8 Å². The van der Waals surface area contributed by atoms with E-state index in [4.69, 9.17) is 0 Å². The quantitative estimate of drug-likeness (QED) is 0.421. The van der Waals surface area contributed by atoms with Crippen LogP contribution in [0.15, 0.2) is 12.7 Å². The van der Waals surface area contributed by atoms with Crippen molar-refractivity contribution in [2.45, 2.75) is 57.8 Å². The lowest BCUT2D eigenvalue weighted by Crippen LogP contribution is -2.05. The van der Waals surface area contributed by atoms with Gasteiger partial charge in [0.25, 0.3) is 0 Å². The number of unbranched alkanes of at least 4 members (excludes halogenated alkanes) is 2. The first-order chi connectivity index (χ1) is 5.93. The van der Waals surface area contributed by atoms with Crippen LogP contribution in [0.25, 0.3) is 0 Å². The van der Waals surface area contributed by atoms with Gasteiger partial charge in [0.2, 0.25) is 0 Å². The predicted octanol–water partition coefficient (Wildman–Crippen LogP) is 4.31. The summed E-state index contributed by atoms with van der Waals surface area (Å²) in [5.41, 5.74) is 0. The highest BCUT2D eigenvalue weighted by atomic mass is 14.2. The molecule has 0 bridgehead atoms. The van der Waals surface area contributed by atoms with E-state index in [9.17, 15) is 0 Å². The van der Waals surface area contributed by atoms with E-state index >= 15 is 0 Å². The summed E-state index contributed by atoms with van der Waals surface area (Å²) in [6, 6.07) is 0. The van der Waals surface area contributed by atoms with Gasteiger partial charge in [0.05, 0.1) is 0 Å². The average Bonchev–Trinajstić information content (AvgIpc) is 2.14. The smallest absolute Gasteiger partial charge is 0.0353 e. The molecule has 0 unspecified atom stereocenters. The summed E-state index contributed by atoms with van der Waals surface area (Å²) in [6.45, 7) is 3.75. The van der Waals surface area contributed by atoms with Crippen LogP contribution in [0.5, 0.6) is 0 Å². The van der Waals surface area contributed by atoms with E-state index in [1.807, 2.05) is 6.08 Å². The lowest BCUT2D eigenvalue weighted by atomic mass is 9.86. The third kappa shape index (κ3) is 3.94. The molecule has 1 rings (SSSR count). The fourth-order valence-corrected chi connectivity index (χ4v) is 2.20. The minimum Gasteiger partial charge on any atom is -0.103 e. The fourth-order valence-electron chi connectivity index (χ4n) is 2.20. The zero-order valence-corrected chi connectivity index (χ0v) is 8.23. The molecule has 0 nitrogen and oxygen atoms in total. The second-order valence-corrected chi connectivity index (χ2v) is 4.08. The molecule has 1 aliphatic carbocycles. The van der Waals surface area contributed by atoms with Crippen molar-refractivity contribution in [1.29, 1.82) is 0 Å². The first-order valence-electron chi connectivity index (χ1n) is 5.54. The van der Waals surface area contributed by atoms with Gasteiger partial charge in [-0.25, -0.2) is 0 Å². The Balaban J connectivity index is 1.94. The van der Waals surface area contributed by atoms with Crippen LogP contribution in [0.2, 0.25) is 0 Å². The summed E-state index contributed by atoms with van der Waals surface area (Å²) in [7, 11) is 0. The average molecular weight is 166 g/mol. The molecule has 0 radical (unpaired) electrons. The van der Waals surface area contributed by atoms with Gasteiger partial charge in [0.1, 0.15) is 0 Å². The lowest BCUT2D eigenvalue weighted by Gasteiger charge is -2.20. The summed E-state index contributed by atoms with van der Waals surface area (Å²) >= 11 is 0. The van der Waals surface area contributed by atoms with Gasteiger partial charge in [-0.15, -0.1) is 6.58 Å². The Hall–Kier alpha value is -0.260. The summed E-state index contributed by atoms with van der Waals surface area (Å²) in [5.74, 6) is 1.07. The van der Waals surface area contributed by atoms with E-state index < -0.39 is 0 Å². The van der Waals surface area contributed by atoms with E-state index in [0.717, 1.165) is 5.92 Å². The molecule has 0 aromatic carbocycles. The summed E-state index contributed by atoms with van der Waals surface area (Å²) in [5, 5.41) is 0. The molecule has 0 amide bonds. The van der Waals surface area contributed by atoms with Crippen LogP contribution in [0.4, 0.5) is 0 Å². The number of hydrogen-bond donors (Lipinski definition) is 0. The Bertz CT molecular complexity index is 109. The lowest BCUT2D eigenvalue weighted by molar-refractivity contribution is 0.330. The van der Waals surface area contributed by atoms with Crippen molar-refractivity contribution in [2.75, 3.05) is 0 Å². The molecule has 0 spiro atoms. The van der Waals surface area contributed by atoms with Gasteiger partial charge in [0.15, 0.2) is 0 Å². The molecule has 0 heteroatoms. The molecule has 1 aliphatic rings. The first kappa shape index (κ1) is 9.83. The standard InChI is InChI=1S/C12H22/c1-2-3-4-6-9-12-10-7-5-8-11-12/h2,12H,1,3-11H2. The summed E-state index contributed by atoms with van der Waals surface area (Å²) in [4.78, 5) is 0. The second-order valence-electron chi connectivity index (χ2n) is 4.08. The highest BCUT2D eigenvalue weighted by molar-refractivity contribution is 4.68. The molecule has 70 valence electrons. The summed E-state index contributed by atoms with van der Waals surface area (Å²) < 4.78 is 0. The van der Waals surface area contributed by atoms with Crippen LogP contribution in [0.1, 0.15) is 57.8 Å². The van der Waals surface area contributed by atoms with Crippen molar-refractivity contribution in [2.24, 2.45) is 5.92 Å². The molecule has 1 fully saturated rings. The molecule has 0 atom stereocenters. The topological polar surface area (TPSA) is 0 Å². The van der Waals surface area contributed by atoms with Gasteiger partial charge in [-0.05, 0) is 18.8 Å². The van der Waals surface area contributed by atoms with Gasteiger partial charge in [-0.1, -0.05) is 51.0 Å². The maximum atomic E-state index is 3.75. The SMILES string of the molecule is C=CCCCCC1CCCCC1. The molecule has 1 saturated carbocycles. The van der Waals surface area contributed by atoms with Crippen molar-refractivity contribution in [3.8, 4) is 0 Å². The molecule has 0 saturated heterocycles. The van der Waals surface area contributed by atoms with Gasteiger partial charge in [0, 0.05) is 0 Å². The first-order valence-corrected chi connectivity index (χ1v) is 5.54. The fraction of sp³-hybridized carbons (Fsp3) is 0.833. The Kier molecular flexibility index (Phi) is 5.14. The zero-order chi connectivity index (χ0) is 8.65. The molecule has 0 N–H and O–H groups in total. The number of hydrogen-bond acceptors (Lipinski definition) is 0. The van der Waals surface area contributed by atoms with Crippen LogP contribution < -0.4 is 0 Å². The van der Waals surface area contributed by atoms with Crippen molar-refractivity contribution in [3.05, 3.63) is 12.7 Å². The molecular weight excluding hydrogens is 144 g/mol. The van der Waals surface area contributed by atoms with Crippen molar-refractivity contribution >= 4 is 0 Å². The maximum Gasteiger partial charge on any atom is -0.0353 e. The van der Waals surface area contributed by atoms with Gasteiger partial charge in [-0.2, -0.15) is 0 Å². The predicted molar refractivity (Wildman–Crippen MR) is 55.2 cm³/mol. The number of rotatable bonds is 5. The van der Waals surface area contributed by atoms with Crippen LogP contribution in [0.3, 0.4) is 0 Å². The van der Waals surface area contributed by atoms with Crippen molar-refractivity contribution in [3.63, 3.8) is 0 Å². The largest absolute Gasteiger partial charge is 0.103 e. The molecular formula is C12H22. The van der Waals surface area contributed by atoms with E-state index in [-0.39, 0.29) is 0 Å². The van der Waals surface area contributed by atoms with Crippen LogP contribution in [0, 0.1) is 5.92 Å².